The maximum Gasteiger partial charge on any atom is 0.331 e. The Morgan fingerprint density at radius 2 is 2.36 bits per heavy atom. The lowest BCUT2D eigenvalue weighted by molar-refractivity contribution is -0.138. The highest BCUT2D eigenvalue weighted by Gasteiger charge is 1.93. The van der Waals surface area contributed by atoms with Gasteiger partial charge in [-0.3, -0.25) is 0 Å². The number of carbonyl (C=O) groups is 1. The van der Waals surface area contributed by atoms with Gasteiger partial charge < -0.3 is 9.47 Å². The molecule has 4 heteroatoms. The molecule has 0 fully saturated rings. The van der Waals surface area contributed by atoms with Crippen LogP contribution in [0.3, 0.4) is 0 Å². The third-order valence-corrected chi connectivity index (χ3v) is 0.826. The molecule has 0 radical (unpaired) electrons. The Balaban J connectivity index is 3.39. The highest BCUT2D eigenvalue weighted by Crippen LogP contribution is 1.81. The Morgan fingerprint density at radius 3 is 2.91 bits per heavy atom. The van der Waals surface area contributed by atoms with Crippen LogP contribution >= 0.6 is 0 Å². The molecule has 0 unspecified atom stereocenters. The van der Waals surface area contributed by atoms with Gasteiger partial charge in [-0.2, -0.15) is 5.26 Å². The van der Waals surface area contributed by atoms with Gasteiger partial charge >= 0.3 is 5.97 Å². The fourth-order valence-corrected chi connectivity index (χ4v) is 0.379. The maximum absolute atomic E-state index is 10.6. The van der Waals surface area contributed by atoms with Crippen molar-refractivity contribution in [2.24, 2.45) is 0 Å². The molecule has 0 saturated heterocycles. The molecule has 0 spiro atoms. The number of hydrogen-bond donors (Lipinski definition) is 0. The van der Waals surface area contributed by atoms with Gasteiger partial charge in [0.1, 0.15) is 6.61 Å². The summed E-state index contributed by atoms with van der Waals surface area (Å²) in [4.78, 5) is 10.6. The average Bonchev–Trinajstić information content (AvgIpc) is 2.01. The lowest BCUT2D eigenvalue weighted by atomic mass is 10.5. The second-order valence-electron chi connectivity index (χ2n) is 1.62. The number of ether oxygens (including phenoxy) is 2. The van der Waals surface area contributed by atoms with Gasteiger partial charge in [0, 0.05) is 19.3 Å². The summed E-state index contributed by atoms with van der Waals surface area (Å²) in [6.07, 6.45) is 2.13. The summed E-state index contributed by atoms with van der Waals surface area (Å²) in [7, 11) is 1.51. The maximum atomic E-state index is 10.6. The Bertz CT molecular complexity index is 181. The van der Waals surface area contributed by atoms with Gasteiger partial charge in [0.25, 0.3) is 0 Å². The smallest absolute Gasteiger partial charge is 0.331 e. The summed E-state index contributed by atoms with van der Waals surface area (Å²) in [5.41, 5.74) is 0. The first kappa shape index (κ1) is 9.66. The molecule has 0 aromatic carbocycles. The number of esters is 1. The van der Waals surface area contributed by atoms with Gasteiger partial charge in [0.15, 0.2) is 0 Å². The monoisotopic (exact) mass is 155 g/mol. The molecule has 0 aliphatic heterocycles. The van der Waals surface area contributed by atoms with E-state index in [4.69, 9.17) is 5.26 Å². The first-order valence-electron chi connectivity index (χ1n) is 3.03. The van der Waals surface area contributed by atoms with Gasteiger partial charge in [-0.1, -0.05) is 0 Å². The number of methoxy groups -OCH3 is 1. The summed E-state index contributed by atoms with van der Waals surface area (Å²) >= 11 is 0. The molecular formula is C7H9NO3. The molecule has 0 N–H and O–H groups in total. The Hall–Kier alpha value is -1.34. The zero-order valence-electron chi connectivity index (χ0n) is 6.24. The number of nitrogens with zero attached hydrogens (tertiary/aromatic N) is 1. The van der Waals surface area contributed by atoms with Gasteiger partial charge in [-0.05, 0) is 0 Å². The van der Waals surface area contributed by atoms with Crippen molar-refractivity contribution < 1.29 is 14.3 Å². The predicted octanol–water partition coefficient (Wildman–Crippen LogP) is 0.256. The zero-order valence-corrected chi connectivity index (χ0v) is 6.24. The van der Waals surface area contributed by atoms with E-state index in [2.05, 4.69) is 9.47 Å². The molecule has 4 nitrogen and oxygen atoms in total. The van der Waals surface area contributed by atoms with E-state index in [-0.39, 0.29) is 6.61 Å². The van der Waals surface area contributed by atoms with Crippen molar-refractivity contribution in [2.75, 3.05) is 20.3 Å². The van der Waals surface area contributed by atoms with Gasteiger partial charge in [0.05, 0.1) is 12.7 Å². The largest absolute Gasteiger partial charge is 0.460 e. The van der Waals surface area contributed by atoms with Gasteiger partial charge in [-0.25, -0.2) is 4.79 Å². The first-order valence-corrected chi connectivity index (χ1v) is 3.03. The third-order valence-electron chi connectivity index (χ3n) is 0.826. The van der Waals surface area contributed by atoms with Crippen molar-refractivity contribution in [3.63, 3.8) is 0 Å². The molecule has 0 atom stereocenters. The first-order chi connectivity index (χ1) is 5.31. The minimum absolute atomic E-state index is 0.213. The van der Waals surface area contributed by atoms with Crippen LogP contribution in [0, 0.1) is 11.3 Å². The Kier molecular flexibility index (Phi) is 5.95. The lowest BCUT2D eigenvalue weighted by Gasteiger charge is -1.98. The summed E-state index contributed by atoms with van der Waals surface area (Å²) < 4.78 is 9.21. The second kappa shape index (κ2) is 6.78. The fourth-order valence-electron chi connectivity index (χ4n) is 0.379. The minimum Gasteiger partial charge on any atom is -0.460 e. The van der Waals surface area contributed by atoms with E-state index in [0.717, 1.165) is 12.2 Å². The van der Waals surface area contributed by atoms with Crippen LogP contribution < -0.4 is 0 Å². The van der Waals surface area contributed by atoms with Crippen LogP contribution in [0.4, 0.5) is 0 Å². The quantitative estimate of drug-likeness (QED) is 0.253. The van der Waals surface area contributed by atoms with Crippen molar-refractivity contribution in [1.82, 2.24) is 0 Å². The van der Waals surface area contributed by atoms with Crippen molar-refractivity contribution in [2.45, 2.75) is 0 Å². The average molecular weight is 155 g/mol. The zero-order chi connectivity index (χ0) is 8.53. The fraction of sp³-hybridized carbons (Fsp3) is 0.429. The summed E-state index contributed by atoms with van der Waals surface area (Å²) in [6.45, 7) is 0.581. The Morgan fingerprint density at radius 1 is 1.64 bits per heavy atom. The van der Waals surface area contributed by atoms with E-state index in [0.29, 0.717) is 6.61 Å². The minimum atomic E-state index is -0.524. The predicted molar refractivity (Wildman–Crippen MR) is 37.6 cm³/mol. The van der Waals surface area contributed by atoms with E-state index < -0.39 is 5.97 Å². The van der Waals surface area contributed by atoms with Gasteiger partial charge in [0.2, 0.25) is 0 Å². The van der Waals surface area contributed by atoms with Crippen LogP contribution in [0.2, 0.25) is 0 Å². The Labute approximate surface area is 65.0 Å². The van der Waals surface area contributed by atoms with E-state index in [1.54, 1.807) is 6.07 Å². The van der Waals surface area contributed by atoms with E-state index in [9.17, 15) is 4.79 Å². The van der Waals surface area contributed by atoms with Crippen LogP contribution in [0.1, 0.15) is 0 Å². The lowest BCUT2D eigenvalue weighted by Crippen LogP contribution is -2.06. The number of hydrogen-bond acceptors (Lipinski definition) is 4. The van der Waals surface area contributed by atoms with E-state index in [1.165, 1.54) is 7.11 Å². The number of rotatable bonds is 4. The molecule has 11 heavy (non-hydrogen) atoms. The molecule has 0 aliphatic carbocycles. The molecular weight excluding hydrogens is 146 g/mol. The number of allylic oxidation sites excluding steroid dienone is 1. The van der Waals surface area contributed by atoms with Crippen LogP contribution in [0.5, 0.6) is 0 Å². The molecule has 0 amide bonds. The normalized spacial score (nSPS) is 9.45. The molecule has 0 bridgehead atoms. The van der Waals surface area contributed by atoms with Gasteiger partial charge in [-0.15, -0.1) is 0 Å². The van der Waals surface area contributed by atoms with Crippen LogP contribution in [0.25, 0.3) is 0 Å². The second-order valence-corrected chi connectivity index (χ2v) is 1.62. The summed E-state index contributed by atoms with van der Waals surface area (Å²) in [5, 5.41) is 8.02. The molecule has 0 rings (SSSR count). The molecule has 0 heterocycles. The molecule has 0 aliphatic rings. The highest BCUT2D eigenvalue weighted by atomic mass is 16.6. The van der Waals surface area contributed by atoms with Crippen molar-refractivity contribution in [1.29, 1.82) is 5.26 Å². The van der Waals surface area contributed by atoms with Crippen LogP contribution in [-0.4, -0.2) is 26.3 Å². The molecule has 0 aromatic heterocycles. The number of carbonyl (C=O) groups excluding carboxylic acids is 1. The summed E-state index contributed by atoms with van der Waals surface area (Å²) in [6, 6.07) is 1.68. The number of nitriles is 1. The van der Waals surface area contributed by atoms with Crippen molar-refractivity contribution in [3.8, 4) is 6.07 Å². The van der Waals surface area contributed by atoms with E-state index in [1.807, 2.05) is 0 Å². The van der Waals surface area contributed by atoms with Crippen molar-refractivity contribution >= 4 is 5.97 Å². The molecule has 0 aromatic rings. The molecule has 0 saturated carbocycles. The van der Waals surface area contributed by atoms with E-state index >= 15 is 0 Å². The SMILES string of the molecule is COCCOC(=O)/C=C/C#N. The highest BCUT2D eigenvalue weighted by molar-refractivity contribution is 5.82. The van der Waals surface area contributed by atoms with Crippen molar-refractivity contribution in [3.05, 3.63) is 12.2 Å². The van der Waals surface area contributed by atoms with Crippen LogP contribution in [-0.2, 0) is 14.3 Å². The third kappa shape index (κ3) is 6.55. The van der Waals surface area contributed by atoms with Crippen LogP contribution in [0.15, 0.2) is 12.2 Å². The topological polar surface area (TPSA) is 59.3 Å². The molecule has 60 valence electrons. The summed E-state index contributed by atoms with van der Waals surface area (Å²) in [5.74, 6) is -0.524. The standard InChI is InChI=1S/C7H9NO3/c1-10-5-6-11-7(9)3-2-4-8/h2-3H,5-6H2,1H3/b3-2+.